The largest absolute Gasteiger partial charge is 0.351 e. The van der Waals surface area contributed by atoms with Crippen molar-refractivity contribution in [3.8, 4) is 0 Å². The van der Waals surface area contributed by atoms with Crippen molar-refractivity contribution >= 4 is 22.8 Å². The molecule has 1 fully saturated rings. The Kier molecular flexibility index (Phi) is 2.63. The van der Waals surface area contributed by atoms with E-state index in [-0.39, 0.29) is 5.91 Å². The highest BCUT2D eigenvalue weighted by molar-refractivity contribution is 8.18. The third kappa shape index (κ3) is 1.71. The van der Waals surface area contributed by atoms with Crippen LogP contribution in [0.25, 0.3) is 0 Å². The first-order valence-corrected chi connectivity index (χ1v) is 5.73. The van der Waals surface area contributed by atoms with E-state index in [2.05, 4.69) is 9.89 Å². The standard InChI is InChI=1S/C10H14N2OS/c1-7(2)8-9(13)11-10(14-8)12-5-3-4-6-12/h3-6H2,1-2H3. The lowest BCUT2D eigenvalue weighted by atomic mass is 10.3. The molecule has 3 nitrogen and oxygen atoms in total. The van der Waals surface area contributed by atoms with Crippen molar-refractivity contribution in [2.24, 2.45) is 4.99 Å². The number of hydrogen-bond acceptors (Lipinski definition) is 3. The van der Waals surface area contributed by atoms with Gasteiger partial charge < -0.3 is 4.90 Å². The van der Waals surface area contributed by atoms with E-state index in [1.54, 1.807) is 0 Å². The Hall–Kier alpha value is -0.770. The second-order valence-corrected chi connectivity index (χ2v) is 4.80. The monoisotopic (exact) mass is 210 g/mol. The first-order valence-electron chi connectivity index (χ1n) is 4.92. The van der Waals surface area contributed by atoms with Crippen LogP contribution in [0.15, 0.2) is 15.5 Å². The van der Waals surface area contributed by atoms with Gasteiger partial charge in [0.05, 0.1) is 4.91 Å². The molecule has 0 N–H and O–H groups in total. The summed E-state index contributed by atoms with van der Waals surface area (Å²) in [6.07, 6.45) is 2.44. The molecule has 0 atom stereocenters. The lowest BCUT2D eigenvalue weighted by Gasteiger charge is -2.14. The normalized spacial score (nSPS) is 21.9. The zero-order valence-electron chi connectivity index (χ0n) is 8.54. The van der Waals surface area contributed by atoms with Gasteiger partial charge in [-0.15, -0.1) is 0 Å². The van der Waals surface area contributed by atoms with Gasteiger partial charge in [0.15, 0.2) is 5.17 Å². The zero-order chi connectivity index (χ0) is 10.1. The third-order valence-electron chi connectivity index (χ3n) is 2.42. The fraction of sp³-hybridized carbons (Fsp3) is 0.600. The van der Waals surface area contributed by atoms with Crippen LogP contribution in [0.3, 0.4) is 0 Å². The molecule has 0 bridgehead atoms. The van der Waals surface area contributed by atoms with E-state index in [9.17, 15) is 4.79 Å². The molecule has 0 aromatic heterocycles. The number of carbonyl (C=O) groups excluding carboxylic acids is 1. The van der Waals surface area contributed by atoms with Crippen LogP contribution in [0.2, 0.25) is 0 Å². The highest BCUT2D eigenvalue weighted by Gasteiger charge is 2.27. The average Bonchev–Trinajstić information content (AvgIpc) is 2.70. The molecule has 2 heterocycles. The molecule has 0 aromatic rings. The molecule has 0 aliphatic carbocycles. The van der Waals surface area contributed by atoms with Crippen LogP contribution in [0.4, 0.5) is 0 Å². The molecule has 4 heteroatoms. The van der Waals surface area contributed by atoms with Crippen LogP contribution in [0.5, 0.6) is 0 Å². The predicted octanol–water partition coefficient (Wildman–Crippen LogP) is 2.01. The third-order valence-corrected chi connectivity index (χ3v) is 3.73. The first kappa shape index (κ1) is 9.77. The Morgan fingerprint density at radius 3 is 2.50 bits per heavy atom. The van der Waals surface area contributed by atoms with Crippen LogP contribution in [-0.4, -0.2) is 29.1 Å². The molecule has 0 saturated carbocycles. The van der Waals surface area contributed by atoms with Crippen molar-refractivity contribution in [2.45, 2.75) is 26.7 Å². The summed E-state index contributed by atoms with van der Waals surface area (Å²) in [6.45, 7) is 6.02. The number of aliphatic imine (C=N–C) groups is 1. The molecule has 76 valence electrons. The van der Waals surface area contributed by atoms with Gasteiger partial charge in [-0.1, -0.05) is 5.57 Å². The predicted molar refractivity (Wildman–Crippen MR) is 59.2 cm³/mol. The second-order valence-electron chi connectivity index (χ2n) is 3.82. The maximum Gasteiger partial charge on any atom is 0.286 e. The quantitative estimate of drug-likeness (QED) is 0.573. The highest BCUT2D eigenvalue weighted by atomic mass is 32.2. The van der Waals surface area contributed by atoms with Crippen LogP contribution < -0.4 is 0 Å². The van der Waals surface area contributed by atoms with E-state index < -0.39 is 0 Å². The van der Waals surface area contributed by atoms with Gasteiger partial charge in [-0.25, -0.2) is 0 Å². The maximum atomic E-state index is 11.5. The highest BCUT2D eigenvalue weighted by Crippen LogP contribution is 2.31. The Balaban J connectivity index is 2.14. The van der Waals surface area contributed by atoms with E-state index in [1.807, 2.05) is 13.8 Å². The minimum absolute atomic E-state index is 0.0584. The van der Waals surface area contributed by atoms with E-state index >= 15 is 0 Å². The van der Waals surface area contributed by atoms with Crippen molar-refractivity contribution in [3.63, 3.8) is 0 Å². The number of rotatable bonds is 0. The molecule has 1 amide bonds. The average molecular weight is 210 g/mol. The van der Waals surface area contributed by atoms with Crippen molar-refractivity contribution in [1.82, 2.24) is 4.90 Å². The van der Waals surface area contributed by atoms with E-state index in [1.165, 1.54) is 24.6 Å². The van der Waals surface area contributed by atoms with Gasteiger partial charge in [-0.3, -0.25) is 4.79 Å². The number of amides is 1. The minimum atomic E-state index is -0.0584. The van der Waals surface area contributed by atoms with E-state index in [0.29, 0.717) is 0 Å². The van der Waals surface area contributed by atoms with Gasteiger partial charge in [0.2, 0.25) is 0 Å². The minimum Gasteiger partial charge on any atom is -0.351 e. The van der Waals surface area contributed by atoms with Crippen LogP contribution in [0.1, 0.15) is 26.7 Å². The van der Waals surface area contributed by atoms with Gasteiger partial charge in [0.1, 0.15) is 0 Å². The van der Waals surface area contributed by atoms with Gasteiger partial charge in [-0.2, -0.15) is 4.99 Å². The lowest BCUT2D eigenvalue weighted by molar-refractivity contribution is -0.113. The number of thioether (sulfide) groups is 1. The Labute approximate surface area is 88.3 Å². The smallest absolute Gasteiger partial charge is 0.286 e. The van der Waals surface area contributed by atoms with E-state index in [4.69, 9.17) is 0 Å². The summed E-state index contributed by atoms with van der Waals surface area (Å²) in [5, 5.41) is 0.906. The number of amidine groups is 1. The topological polar surface area (TPSA) is 32.7 Å². The van der Waals surface area contributed by atoms with Gasteiger partial charge in [0.25, 0.3) is 5.91 Å². The zero-order valence-corrected chi connectivity index (χ0v) is 9.36. The molecule has 0 radical (unpaired) electrons. The Morgan fingerprint density at radius 2 is 2.00 bits per heavy atom. The molecular formula is C10H14N2OS. The number of allylic oxidation sites excluding steroid dienone is 1. The second kappa shape index (κ2) is 3.77. The molecule has 1 saturated heterocycles. The van der Waals surface area contributed by atoms with Crippen molar-refractivity contribution in [3.05, 3.63) is 10.5 Å². The summed E-state index contributed by atoms with van der Waals surface area (Å²) >= 11 is 1.53. The molecule has 2 rings (SSSR count). The van der Waals surface area contributed by atoms with E-state index in [0.717, 1.165) is 28.7 Å². The Morgan fingerprint density at radius 1 is 1.36 bits per heavy atom. The fourth-order valence-corrected chi connectivity index (χ4v) is 2.61. The summed E-state index contributed by atoms with van der Waals surface area (Å²) < 4.78 is 0. The van der Waals surface area contributed by atoms with Crippen molar-refractivity contribution in [2.75, 3.05) is 13.1 Å². The van der Waals surface area contributed by atoms with Crippen LogP contribution >= 0.6 is 11.8 Å². The van der Waals surface area contributed by atoms with Crippen molar-refractivity contribution < 1.29 is 4.79 Å². The molecular weight excluding hydrogens is 196 g/mol. The molecule has 0 unspecified atom stereocenters. The molecule has 0 aromatic carbocycles. The number of nitrogens with zero attached hydrogens (tertiary/aromatic N) is 2. The summed E-state index contributed by atoms with van der Waals surface area (Å²) in [7, 11) is 0. The lowest BCUT2D eigenvalue weighted by Crippen LogP contribution is -2.23. The van der Waals surface area contributed by atoms with Gasteiger partial charge in [0, 0.05) is 13.1 Å². The van der Waals surface area contributed by atoms with Crippen LogP contribution in [-0.2, 0) is 4.79 Å². The summed E-state index contributed by atoms with van der Waals surface area (Å²) in [5.74, 6) is -0.0584. The summed E-state index contributed by atoms with van der Waals surface area (Å²) in [4.78, 5) is 18.6. The SMILES string of the molecule is CC(C)=C1SC(N2CCCC2)=NC1=O. The van der Waals surface area contributed by atoms with Gasteiger partial charge in [-0.05, 0) is 38.5 Å². The Bertz CT molecular complexity index is 323. The molecule has 14 heavy (non-hydrogen) atoms. The van der Waals surface area contributed by atoms with Crippen LogP contribution in [0, 0.1) is 0 Å². The maximum absolute atomic E-state index is 11.5. The molecule has 2 aliphatic rings. The van der Waals surface area contributed by atoms with Gasteiger partial charge >= 0.3 is 0 Å². The number of likely N-dealkylation sites (tertiary alicyclic amines) is 1. The molecule has 2 aliphatic heterocycles. The molecule has 0 spiro atoms. The van der Waals surface area contributed by atoms with Crippen molar-refractivity contribution in [1.29, 1.82) is 0 Å². The number of hydrogen-bond donors (Lipinski definition) is 0. The number of carbonyl (C=O) groups is 1. The fourth-order valence-electron chi connectivity index (χ4n) is 1.66. The first-order chi connectivity index (χ1) is 6.68. The summed E-state index contributed by atoms with van der Waals surface area (Å²) in [6, 6.07) is 0. The summed E-state index contributed by atoms with van der Waals surface area (Å²) in [5.41, 5.74) is 1.07.